The highest BCUT2D eigenvalue weighted by atomic mass is 32.2. The predicted octanol–water partition coefficient (Wildman–Crippen LogP) is 5.39. The van der Waals surface area contributed by atoms with E-state index in [4.69, 9.17) is 4.74 Å². The lowest BCUT2D eigenvalue weighted by molar-refractivity contribution is -0.133. The third kappa shape index (κ3) is 6.17. The Morgan fingerprint density at radius 3 is 2.42 bits per heavy atom. The van der Waals surface area contributed by atoms with Gasteiger partial charge in [-0.15, -0.1) is 11.3 Å². The maximum atomic E-state index is 13.8. The van der Waals surface area contributed by atoms with Crippen LogP contribution >= 0.6 is 11.3 Å². The van der Waals surface area contributed by atoms with Crippen LogP contribution < -0.4 is 0 Å². The van der Waals surface area contributed by atoms with Crippen molar-refractivity contribution in [2.45, 2.75) is 50.0 Å². The molecule has 1 atom stereocenters. The number of halogens is 1. The first-order valence-electron chi connectivity index (χ1n) is 12.7. The van der Waals surface area contributed by atoms with Gasteiger partial charge in [0.1, 0.15) is 5.82 Å². The Hall–Kier alpha value is -2.59. The molecule has 1 aliphatic rings. The summed E-state index contributed by atoms with van der Waals surface area (Å²) in [6.07, 6.45) is 1.15. The number of methoxy groups -OCH3 is 1. The molecule has 0 N–H and O–H groups in total. The van der Waals surface area contributed by atoms with E-state index in [1.54, 1.807) is 47.6 Å². The third-order valence-corrected chi connectivity index (χ3v) is 9.75. The first-order valence-corrected chi connectivity index (χ1v) is 15.0. The Morgan fingerprint density at radius 2 is 1.79 bits per heavy atom. The fraction of sp³-hybridized carbons (Fsp3) is 0.414. The van der Waals surface area contributed by atoms with Crippen molar-refractivity contribution in [2.75, 3.05) is 33.4 Å². The zero-order valence-corrected chi connectivity index (χ0v) is 23.9. The molecule has 0 fully saturated rings. The van der Waals surface area contributed by atoms with Crippen LogP contribution in [0.25, 0.3) is 0 Å². The molecule has 6 nitrogen and oxygen atoms in total. The van der Waals surface area contributed by atoms with E-state index in [1.807, 2.05) is 23.6 Å². The second-order valence-corrected chi connectivity index (χ2v) is 13.5. The van der Waals surface area contributed by atoms with E-state index >= 15 is 0 Å². The maximum absolute atomic E-state index is 13.8. The average molecular weight is 559 g/mol. The number of carbonyl (C=O) groups is 1. The minimum absolute atomic E-state index is 0.111. The van der Waals surface area contributed by atoms with Crippen LogP contribution in [0.3, 0.4) is 0 Å². The summed E-state index contributed by atoms with van der Waals surface area (Å²) in [5, 5.41) is 2.00. The van der Waals surface area contributed by atoms with Crippen LogP contribution in [-0.2, 0) is 31.4 Å². The smallest absolute Gasteiger partial charge is 0.243 e. The minimum atomic E-state index is -3.93. The number of sulfonamides is 1. The molecule has 2 heterocycles. The average Bonchev–Trinajstić information content (AvgIpc) is 3.37. The number of ether oxygens (including phenoxy) is 1. The van der Waals surface area contributed by atoms with Gasteiger partial charge < -0.3 is 9.64 Å². The molecule has 0 saturated heterocycles. The molecule has 0 radical (unpaired) electrons. The number of rotatable bonds is 9. The molecule has 204 valence electrons. The Morgan fingerprint density at radius 1 is 1.11 bits per heavy atom. The van der Waals surface area contributed by atoms with Gasteiger partial charge in [-0.1, -0.05) is 45.0 Å². The molecule has 0 aliphatic carbocycles. The molecule has 1 unspecified atom stereocenters. The molecule has 1 amide bonds. The lowest BCUT2D eigenvalue weighted by Crippen LogP contribution is -2.47. The molecule has 0 saturated carbocycles. The van der Waals surface area contributed by atoms with Crippen LogP contribution in [0, 0.1) is 5.82 Å². The molecular formula is C29H35FN2O4S2. The quantitative estimate of drug-likeness (QED) is 0.331. The van der Waals surface area contributed by atoms with Gasteiger partial charge in [-0.25, -0.2) is 12.8 Å². The lowest BCUT2D eigenvalue weighted by atomic mass is 9.87. The van der Waals surface area contributed by atoms with E-state index in [1.165, 1.54) is 21.3 Å². The summed E-state index contributed by atoms with van der Waals surface area (Å²) in [7, 11) is -2.37. The van der Waals surface area contributed by atoms with Crippen LogP contribution in [0.5, 0.6) is 0 Å². The highest BCUT2D eigenvalue weighted by Gasteiger charge is 2.35. The van der Waals surface area contributed by atoms with Crippen LogP contribution in [0.2, 0.25) is 0 Å². The van der Waals surface area contributed by atoms with Gasteiger partial charge in [-0.3, -0.25) is 4.79 Å². The van der Waals surface area contributed by atoms with Gasteiger partial charge in [-0.05, 0) is 70.7 Å². The van der Waals surface area contributed by atoms with Gasteiger partial charge in [0.15, 0.2) is 0 Å². The number of fused-ring (bicyclic) bond motifs is 1. The van der Waals surface area contributed by atoms with Crippen molar-refractivity contribution in [3.05, 3.63) is 87.4 Å². The number of nitrogens with zero attached hydrogens (tertiary/aromatic N) is 2. The highest BCUT2D eigenvalue weighted by molar-refractivity contribution is 7.89. The molecular weight excluding hydrogens is 523 g/mol. The number of hydrogen-bond acceptors (Lipinski definition) is 5. The fourth-order valence-electron chi connectivity index (χ4n) is 4.78. The van der Waals surface area contributed by atoms with Crippen LogP contribution in [0.4, 0.5) is 4.39 Å². The van der Waals surface area contributed by atoms with E-state index in [0.717, 1.165) is 16.7 Å². The standard InChI is InChI=1S/C29H35FN2O4S2/c1-29(2,3)22-8-12-24(13-9-22)38(34,35)31(16-5-18-36-4)20-27(33)32-17-14-26-25(15-19-37-26)28(32)21-6-10-23(30)11-7-21/h6-13,15,19,28H,5,14,16-18,20H2,1-4H3. The van der Waals surface area contributed by atoms with Gasteiger partial charge in [0.25, 0.3) is 0 Å². The van der Waals surface area contributed by atoms with Gasteiger partial charge >= 0.3 is 0 Å². The molecule has 4 rings (SSSR count). The second kappa shape index (κ2) is 11.7. The normalized spacial score (nSPS) is 16.1. The molecule has 0 bridgehead atoms. The van der Waals surface area contributed by atoms with Crippen molar-refractivity contribution in [1.82, 2.24) is 9.21 Å². The number of amides is 1. The summed E-state index contributed by atoms with van der Waals surface area (Å²) in [5.74, 6) is -0.635. The summed E-state index contributed by atoms with van der Waals surface area (Å²) in [6.45, 7) is 6.92. The Labute approximate surface area is 229 Å². The summed E-state index contributed by atoms with van der Waals surface area (Å²) < 4.78 is 47.5. The zero-order chi connectivity index (χ0) is 27.5. The van der Waals surface area contributed by atoms with Crippen LogP contribution in [0.15, 0.2) is 64.9 Å². The van der Waals surface area contributed by atoms with Crippen molar-refractivity contribution in [3.63, 3.8) is 0 Å². The van der Waals surface area contributed by atoms with E-state index in [9.17, 15) is 17.6 Å². The van der Waals surface area contributed by atoms with E-state index in [0.29, 0.717) is 26.0 Å². The summed E-state index contributed by atoms with van der Waals surface area (Å²) >= 11 is 1.64. The van der Waals surface area contributed by atoms with Crippen molar-refractivity contribution >= 4 is 27.3 Å². The SMILES string of the molecule is COCCCN(CC(=O)N1CCc2sccc2C1c1ccc(F)cc1)S(=O)(=O)c1ccc(C(C)(C)C)cc1. The molecule has 0 spiro atoms. The Bertz CT molecular complexity index is 1350. The largest absolute Gasteiger partial charge is 0.385 e. The summed E-state index contributed by atoms with van der Waals surface area (Å²) in [5.41, 5.74) is 2.72. The summed E-state index contributed by atoms with van der Waals surface area (Å²) in [4.78, 5) is 16.9. The van der Waals surface area contributed by atoms with Crippen LogP contribution in [0.1, 0.15) is 54.8 Å². The van der Waals surface area contributed by atoms with Gasteiger partial charge in [0.05, 0.1) is 17.5 Å². The lowest BCUT2D eigenvalue weighted by Gasteiger charge is -2.37. The molecule has 1 aliphatic heterocycles. The molecule has 3 aromatic rings. The van der Waals surface area contributed by atoms with Gasteiger partial charge in [0, 0.05) is 31.7 Å². The minimum Gasteiger partial charge on any atom is -0.385 e. The number of thiophene rings is 1. The predicted molar refractivity (Wildman–Crippen MR) is 148 cm³/mol. The zero-order valence-electron chi connectivity index (χ0n) is 22.3. The fourth-order valence-corrected chi connectivity index (χ4v) is 7.11. The van der Waals surface area contributed by atoms with E-state index in [2.05, 4.69) is 20.8 Å². The maximum Gasteiger partial charge on any atom is 0.243 e. The molecule has 9 heteroatoms. The first kappa shape index (κ1) is 28.4. The van der Waals surface area contributed by atoms with Crippen molar-refractivity contribution < 1.29 is 22.3 Å². The Kier molecular flexibility index (Phi) is 8.72. The van der Waals surface area contributed by atoms with Gasteiger partial charge in [0.2, 0.25) is 15.9 Å². The third-order valence-electron chi connectivity index (χ3n) is 6.90. The number of carbonyl (C=O) groups excluding carboxylic acids is 1. The molecule has 38 heavy (non-hydrogen) atoms. The van der Waals surface area contributed by atoms with E-state index in [-0.39, 0.29) is 35.1 Å². The van der Waals surface area contributed by atoms with Gasteiger partial charge in [-0.2, -0.15) is 4.31 Å². The highest BCUT2D eigenvalue weighted by Crippen LogP contribution is 2.38. The molecule has 2 aromatic carbocycles. The first-order chi connectivity index (χ1) is 18.0. The van der Waals surface area contributed by atoms with Crippen molar-refractivity contribution in [3.8, 4) is 0 Å². The molecule has 1 aromatic heterocycles. The monoisotopic (exact) mass is 558 g/mol. The summed E-state index contributed by atoms with van der Waals surface area (Å²) in [6, 6.07) is 14.7. The Balaban J connectivity index is 1.63. The van der Waals surface area contributed by atoms with Crippen LogP contribution in [-0.4, -0.2) is 56.9 Å². The van der Waals surface area contributed by atoms with Crippen molar-refractivity contribution in [1.29, 1.82) is 0 Å². The number of benzene rings is 2. The topological polar surface area (TPSA) is 66.9 Å². The van der Waals surface area contributed by atoms with E-state index < -0.39 is 16.1 Å². The second-order valence-electron chi connectivity index (χ2n) is 10.5. The van der Waals surface area contributed by atoms with Crippen molar-refractivity contribution in [2.24, 2.45) is 0 Å². The number of hydrogen-bond donors (Lipinski definition) is 0.